The Hall–Kier alpha value is -1.59. The average molecular weight is 214 g/mol. The summed E-state index contributed by atoms with van der Waals surface area (Å²) in [5.74, 6) is -0.723. The maximum atomic E-state index is 11.4. The highest BCUT2D eigenvalue weighted by molar-refractivity contribution is 5.90. The van der Waals surface area contributed by atoms with E-state index in [1.165, 1.54) is 7.11 Å². The molecule has 0 aliphatic carbocycles. The van der Waals surface area contributed by atoms with E-state index in [0.717, 1.165) is 0 Å². The molecule has 1 saturated heterocycles. The van der Waals surface area contributed by atoms with Crippen LogP contribution in [0.3, 0.4) is 0 Å². The summed E-state index contributed by atoms with van der Waals surface area (Å²) in [5.41, 5.74) is 0. The molecule has 2 amide bonds. The van der Waals surface area contributed by atoms with Crippen LogP contribution >= 0.6 is 0 Å². The number of hydrogen-bond acceptors (Lipinski definition) is 4. The molecular weight excluding hydrogens is 200 g/mol. The van der Waals surface area contributed by atoms with Gasteiger partial charge in [0.25, 0.3) is 0 Å². The van der Waals surface area contributed by atoms with Crippen LogP contribution in [0.15, 0.2) is 0 Å². The molecule has 1 atom stereocenters. The minimum absolute atomic E-state index is 0.108. The molecule has 2 N–H and O–H groups in total. The van der Waals surface area contributed by atoms with Crippen molar-refractivity contribution in [3.8, 4) is 0 Å². The molecule has 1 aliphatic heterocycles. The third-order valence-electron chi connectivity index (χ3n) is 2.17. The molecule has 0 aromatic heterocycles. The van der Waals surface area contributed by atoms with Gasteiger partial charge in [-0.1, -0.05) is 0 Å². The van der Waals surface area contributed by atoms with E-state index in [-0.39, 0.29) is 30.7 Å². The van der Waals surface area contributed by atoms with Gasteiger partial charge in [-0.05, 0) is 6.42 Å². The maximum absolute atomic E-state index is 11.4. The number of carbonyl (C=O) groups is 3. The minimum Gasteiger partial charge on any atom is -0.469 e. The lowest BCUT2D eigenvalue weighted by Crippen LogP contribution is -2.42. The van der Waals surface area contributed by atoms with Gasteiger partial charge in [0.1, 0.15) is 6.04 Å². The van der Waals surface area contributed by atoms with Crippen LogP contribution in [0.2, 0.25) is 0 Å². The second-order valence-electron chi connectivity index (χ2n) is 3.28. The largest absolute Gasteiger partial charge is 0.469 e. The summed E-state index contributed by atoms with van der Waals surface area (Å²) in [6.45, 7) is 0.234. The van der Waals surface area contributed by atoms with Crippen LogP contribution in [0.25, 0.3) is 0 Å². The van der Waals surface area contributed by atoms with Crippen molar-refractivity contribution in [2.24, 2.45) is 0 Å². The first-order chi connectivity index (χ1) is 7.13. The van der Waals surface area contributed by atoms with E-state index < -0.39 is 6.04 Å². The lowest BCUT2D eigenvalue weighted by molar-refractivity contribution is -0.140. The molecule has 1 fully saturated rings. The Morgan fingerprint density at radius 2 is 2.33 bits per heavy atom. The Morgan fingerprint density at radius 3 is 2.87 bits per heavy atom. The third-order valence-corrected chi connectivity index (χ3v) is 2.17. The van der Waals surface area contributed by atoms with Crippen LogP contribution in [0.5, 0.6) is 0 Å². The van der Waals surface area contributed by atoms with Crippen LogP contribution in [-0.2, 0) is 19.1 Å². The van der Waals surface area contributed by atoms with Crippen molar-refractivity contribution in [3.05, 3.63) is 0 Å². The van der Waals surface area contributed by atoms with Gasteiger partial charge < -0.3 is 15.4 Å². The number of nitrogens with one attached hydrogen (secondary N) is 2. The summed E-state index contributed by atoms with van der Waals surface area (Å²) in [6.07, 6.45) is 1.04. The molecule has 84 valence electrons. The van der Waals surface area contributed by atoms with Gasteiger partial charge in [-0.15, -0.1) is 0 Å². The van der Waals surface area contributed by atoms with Crippen molar-refractivity contribution in [1.82, 2.24) is 10.6 Å². The summed E-state index contributed by atoms with van der Waals surface area (Å²) < 4.78 is 4.41. The van der Waals surface area contributed by atoms with Crippen molar-refractivity contribution in [2.75, 3.05) is 13.7 Å². The Labute approximate surface area is 87.4 Å². The lowest BCUT2D eigenvalue weighted by atomic mass is 10.2. The topological polar surface area (TPSA) is 84.5 Å². The number of carbonyl (C=O) groups excluding carboxylic acids is 3. The van der Waals surface area contributed by atoms with E-state index >= 15 is 0 Å². The second kappa shape index (κ2) is 5.33. The average Bonchev–Trinajstić information content (AvgIpc) is 2.64. The van der Waals surface area contributed by atoms with E-state index in [4.69, 9.17) is 0 Å². The Bertz CT molecular complexity index is 277. The molecule has 6 nitrogen and oxygen atoms in total. The van der Waals surface area contributed by atoms with Gasteiger partial charge >= 0.3 is 5.97 Å². The minimum atomic E-state index is -0.449. The number of rotatable bonds is 4. The number of methoxy groups -OCH3 is 1. The number of amides is 2. The molecule has 0 radical (unpaired) electrons. The molecular formula is C9H14N2O4. The van der Waals surface area contributed by atoms with Crippen molar-refractivity contribution in [3.63, 3.8) is 0 Å². The summed E-state index contributed by atoms with van der Waals surface area (Å²) >= 11 is 0. The number of esters is 1. The summed E-state index contributed by atoms with van der Waals surface area (Å²) in [7, 11) is 1.29. The normalized spacial score (nSPS) is 19.5. The van der Waals surface area contributed by atoms with E-state index in [2.05, 4.69) is 15.4 Å². The molecule has 0 bridgehead atoms. The Morgan fingerprint density at radius 1 is 1.60 bits per heavy atom. The van der Waals surface area contributed by atoms with Gasteiger partial charge in [0.05, 0.1) is 13.5 Å². The Kier molecular flexibility index (Phi) is 4.08. The molecule has 0 aromatic carbocycles. The van der Waals surface area contributed by atoms with Crippen LogP contribution in [0.4, 0.5) is 0 Å². The molecule has 0 unspecified atom stereocenters. The molecule has 0 saturated carbocycles. The molecule has 1 aliphatic rings. The van der Waals surface area contributed by atoms with E-state index in [1.807, 2.05) is 0 Å². The van der Waals surface area contributed by atoms with Crippen molar-refractivity contribution in [2.45, 2.75) is 25.3 Å². The van der Waals surface area contributed by atoms with Gasteiger partial charge in [-0.2, -0.15) is 0 Å². The predicted molar refractivity (Wildman–Crippen MR) is 50.8 cm³/mol. The van der Waals surface area contributed by atoms with E-state index in [1.54, 1.807) is 0 Å². The summed E-state index contributed by atoms with van der Waals surface area (Å²) in [6, 6.07) is -0.449. The predicted octanol–water partition coefficient (Wildman–Crippen LogP) is -1.06. The van der Waals surface area contributed by atoms with E-state index in [0.29, 0.717) is 12.8 Å². The molecule has 1 heterocycles. The number of ether oxygens (including phenoxy) is 1. The van der Waals surface area contributed by atoms with Crippen LogP contribution < -0.4 is 10.6 Å². The van der Waals surface area contributed by atoms with Gasteiger partial charge in [-0.25, -0.2) is 0 Å². The van der Waals surface area contributed by atoms with Crippen molar-refractivity contribution < 1.29 is 19.1 Å². The molecule has 15 heavy (non-hydrogen) atoms. The van der Waals surface area contributed by atoms with Gasteiger partial charge in [-0.3, -0.25) is 14.4 Å². The summed E-state index contributed by atoms with van der Waals surface area (Å²) in [4.78, 5) is 32.9. The first-order valence-corrected chi connectivity index (χ1v) is 4.77. The second-order valence-corrected chi connectivity index (χ2v) is 3.28. The molecule has 0 aromatic rings. The van der Waals surface area contributed by atoms with Gasteiger partial charge in [0.15, 0.2) is 0 Å². The molecule has 6 heteroatoms. The zero-order chi connectivity index (χ0) is 11.3. The Balaban J connectivity index is 2.19. The number of hydrogen-bond donors (Lipinski definition) is 2. The summed E-state index contributed by atoms with van der Waals surface area (Å²) in [5, 5.41) is 5.09. The van der Waals surface area contributed by atoms with Gasteiger partial charge in [0.2, 0.25) is 11.8 Å². The van der Waals surface area contributed by atoms with E-state index in [9.17, 15) is 14.4 Å². The maximum Gasteiger partial charge on any atom is 0.307 e. The SMILES string of the molecule is COC(=O)CCNC(=O)[C@H]1CCC(=O)N1. The monoisotopic (exact) mass is 214 g/mol. The third kappa shape index (κ3) is 3.57. The molecule has 0 spiro atoms. The molecule has 1 rings (SSSR count). The van der Waals surface area contributed by atoms with Crippen LogP contribution in [-0.4, -0.2) is 37.5 Å². The first-order valence-electron chi connectivity index (χ1n) is 4.77. The fraction of sp³-hybridized carbons (Fsp3) is 0.667. The quantitative estimate of drug-likeness (QED) is 0.584. The van der Waals surface area contributed by atoms with Crippen LogP contribution in [0.1, 0.15) is 19.3 Å². The highest BCUT2D eigenvalue weighted by Crippen LogP contribution is 2.05. The zero-order valence-electron chi connectivity index (χ0n) is 8.54. The highest BCUT2D eigenvalue weighted by atomic mass is 16.5. The standard InChI is InChI=1S/C9H14N2O4/c1-15-8(13)4-5-10-9(14)6-2-3-7(12)11-6/h6H,2-5H2,1H3,(H,10,14)(H,11,12)/t6-/m1/s1. The fourth-order valence-electron chi connectivity index (χ4n) is 1.32. The highest BCUT2D eigenvalue weighted by Gasteiger charge is 2.26. The lowest BCUT2D eigenvalue weighted by Gasteiger charge is -2.09. The zero-order valence-corrected chi connectivity index (χ0v) is 8.54. The first kappa shape index (κ1) is 11.5. The fourth-order valence-corrected chi connectivity index (χ4v) is 1.32. The van der Waals surface area contributed by atoms with Crippen molar-refractivity contribution in [1.29, 1.82) is 0 Å². The van der Waals surface area contributed by atoms with Crippen molar-refractivity contribution >= 4 is 17.8 Å². The van der Waals surface area contributed by atoms with Gasteiger partial charge in [0, 0.05) is 13.0 Å². The smallest absolute Gasteiger partial charge is 0.307 e. The van der Waals surface area contributed by atoms with Crippen LogP contribution in [0, 0.1) is 0 Å².